The van der Waals surface area contributed by atoms with Gasteiger partial charge >= 0.3 is 6.36 Å². The molecule has 0 heterocycles. The van der Waals surface area contributed by atoms with E-state index in [1.165, 1.54) is 7.11 Å². The molecule has 0 aromatic heterocycles. The van der Waals surface area contributed by atoms with Crippen LogP contribution in [0, 0.1) is 0 Å². The molecule has 0 bridgehead atoms. The second-order valence-corrected chi connectivity index (χ2v) is 3.36. The van der Waals surface area contributed by atoms with Crippen molar-refractivity contribution >= 4 is 0 Å². The van der Waals surface area contributed by atoms with Gasteiger partial charge < -0.3 is 15.2 Å². The summed E-state index contributed by atoms with van der Waals surface area (Å²) in [4.78, 5) is 0. The summed E-state index contributed by atoms with van der Waals surface area (Å²) in [6, 6.07) is 4.92. The lowest BCUT2D eigenvalue weighted by atomic mass is 10.2. The van der Waals surface area contributed by atoms with Gasteiger partial charge in [-0.25, -0.2) is 0 Å². The molecule has 1 aromatic rings. The molecule has 0 saturated carbocycles. The molecule has 0 amide bonds. The number of rotatable bonds is 6. The third-order valence-corrected chi connectivity index (χ3v) is 2.03. The maximum Gasteiger partial charge on any atom is 0.522 e. The predicted octanol–water partition coefficient (Wildman–Crippen LogP) is 2.07. The van der Waals surface area contributed by atoms with E-state index in [2.05, 4.69) is 4.74 Å². The molecule has 0 aliphatic heterocycles. The third-order valence-electron chi connectivity index (χ3n) is 2.03. The van der Waals surface area contributed by atoms with Crippen molar-refractivity contribution in [1.29, 1.82) is 0 Å². The number of halogens is 3. The first kappa shape index (κ1) is 14.6. The first-order valence-electron chi connectivity index (χ1n) is 5.16. The van der Waals surface area contributed by atoms with Crippen molar-refractivity contribution in [1.82, 2.24) is 0 Å². The Hall–Kier alpha value is -1.47. The fraction of sp³-hybridized carbons (Fsp3) is 0.455. The van der Waals surface area contributed by atoms with Crippen molar-refractivity contribution < 1.29 is 27.4 Å². The summed E-state index contributed by atoms with van der Waals surface area (Å²) in [6.07, 6.45) is -4.64. The zero-order chi connectivity index (χ0) is 13.6. The van der Waals surface area contributed by atoms with Crippen LogP contribution in [-0.2, 0) is 11.3 Å². The Balaban J connectivity index is 2.51. The molecule has 18 heavy (non-hydrogen) atoms. The van der Waals surface area contributed by atoms with Gasteiger partial charge in [0.15, 0.2) is 0 Å². The summed E-state index contributed by atoms with van der Waals surface area (Å²) in [5, 5.41) is 0. The molecule has 4 nitrogen and oxygen atoms in total. The van der Waals surface area contributed by atoms with Crippen LogP contribution in [0.15, 0.2) is 18.2 Å². The summed E-state index contributed by atoms with van der Waals surface area (Å²) in [5.74, 6) is 0.922. The highest BCUT2D eigenvalue weighted by atomic mass is 19.4. The normalized spacial score (nSPS) is 11.4. The zero-order valence-electron chi connectivity index (χ0n) is 9.79. The van der Waals surface area contributed by atoms with Gasteiger partial charge in [-0.1, -0.05) is 0 Å². The number of nitrogens with two attached hydrogens (primary N) is 1. The molecule has 1 rings (SSSR count). The molecule has 0 fully saturated rings. The predicted molar refractivity (Wildman–Crippen MR) is 58.4 cm³/mol. The van der Waals surface area contributed by atoms with Gasteiger partial charge in [0.05, 0.1) is 13.7 Å². The van der Waals surface area contributed by atoms with Crippen molar-refractivity contribution in [2.24, 2.45) is 5.73 Å². The fourth-order valence-corrected chi connectivity index (χ4v) is 1.27. The topological polar surface area (TPSA) is 53.7 Å². The minimum Gasteiger partial charge on any atom is -0.497 e. The minimum atomic E-state index is -4.64. The van der Waals surface area contributed by atoms with Crippen LogP contribution < -0.4 is 15.2 Å². The van der Waals surface area contributed by atoms with Gasteiger partial charge in [-0.05, 0) is 17.7 Å². The van der Waals surface area contributed by atoms with Gasteiger partial charge in [0.1, 0.15) is 18.1 Å². The number of benzene rings is 1. The monoisotopic (exact) mass is 265 g/mol. The van der Waals surface area contributed by atoms with Crippen LogP contribution in [0.5, 0.6) is 11.5 Å². The van der Waals surface area contributed by atoms with Crippen LogP contribution in [0.25, 0.3) is 0 Å². The minimum absolute atomic E-state index is 0.212. The highest BCUT2D eigenvalue weighted by Gasteiger charge is 2.28. The van der Waals surface area contributed by atoms with Crippen molar-refractivity contribution in [3.05, 3.63) is 23.8 Å². The Labute approximate surface area is 102 Å². The van der Waals surface area contributed by atoms with Crippen LogP contribution in [0.3, 0.4) is 0 Å². The molecule has 0 unspecified atom stereocenters. The Kier molecular flexibility index (Phi) is 5.24. The van der Waals surface area contributed by atoms with E-state index in [-0.39, 0.29) is 13.2 Å². The highest BCUT2D eigenvalue weighted by molar-refractivity contribution is 5.38. The Morgan fingerprint density at radius 2 is 1.78 bits per heavy atom. The third kappa shape index (κ3) is 5.24. The van der Waals surface area contributed by atoms with Crippen LogP contribution in [0.2, 0.25) is 0 Å². The summed E-state index contributed by atoms with van der Waals surface area (Å²) < 4.78 is 48.8. The van der Waals surface area contributed by atoms with Crippen molar-refractivity contribution in [3.63, 3.8) is 0 Å². The Bertz CT molecular complexity index is 360. The molecule has 2 N–H and O–H groups in total. The van der Waals surface area contributed by atoms with E-state index in [1.807, 2.05) is 0 Å². The van der Waals surface area contributed by atoms with Crippen molar-refractivity contribution in [2.75, 3.05) is 20.3 Å². The van der Waals surface area contributed by atoms with Gasteiger partial charge in [-0.15, -0.1) is 13.2 Å². The maximum atomic E-state index is 11.7. The lowest BCUT2D eigenvalue weighted by Crippen LogP contribution is -2.18. The fourth-order valence-electron chi connectivity index (χ4n) is 1.27. The van der Waals surface area contributed by atoms with E-state index in [1.54, 1.807) is 18.2 Å². The highest BCUT2D eigenvalue weighted by Crippen LogP contribution is 2.22. The van der Waals surface area contributed by atoms with Crippen LogP contribution in [-0.4, -0.2) is 26.7 Å². The second-order valence-electron chi connectivity index (χ2n) is 3.36. The smallest absolute Gasteiger partial charge is 0.497 e. The molecule has 0 aliphatic rings. The molecule has 7 heteroatoms. The quantitative estimate of drug-likeness (QED) is 0.800. The van der Waals surface area contributed by atoms with E-state index < -0.39 is 13.0 Å². The SMILES string of the molecule is COc1cc(CN)cc(OCCOC(F)(F)F)c1. The van der Waals surface area contributed by atoms with Gasteiger partial charge in [0, 0.05) is 12.6 Å². The van der Waals surface area contributed by atoms with Crippen LogP contribution in [0.4, 0.5) is 13.2 Å². The van der Waals surface area contributed by atoms with Crippen LogP contribution >= 0.6 is 0 Å². The summed E-state index contributed by atoms with van der Waals surface area (Å²) in [6.45, 7) is -0.498. The number of alkyl halides is 3. The van der Waals surface area contributed by atoms with Crippen molar-refractivity contribution in [3.8, 4) is 11.5 Å². The van der Waals surface area contributed by atoms with Crippen molar-refractivity contribution in [2.45, 2.75) is 12.9 Å². The molecular weight excluding hydrogens is 251 g/mol. The van der Waals surface area contributed by atoms with E-state index in [9.17, 15) is 13.2 Å². The molecule has 0 spiro atoms. The van der Waals surface area contributed by atoms with Gasteiger partial charge in [0.2, 0.25) is 0 Å². The lowest BCUT2D eigenvalue weighted by molar-refractivity contribution is -0.325. The molecule has 0 radical (unpaired) electrons. The van der Waals surface area contributed by atoms with Crippen LogP contribution in [0.1, 0.15) is 5.56 Å². The van der Waals surface area contributed by atoms with E-state index >= 15 is 0 Å². The molecule has 102 valence electrons. The largest absolute Gasteiger partial charge is 0.522 e. The summed E-state index contributed by atoms with van der Waals surface area (Å²) in [5.41, 5.74) is 6.23. The number of hydrogen-bond donors (Lipinski definition) is 1. The number of hydrogen-bond acceptors (Lipinski definition) is 4. The van der Waals surface area contributed by atoms with E-state index in [0.29, 0.717) is 11.5 Å². The number of ether oxygens (including phenoxy) is 3. The lowest BCUT2D eigenvalue weighted by Gasteiger charge is -2.11. The Morgan fingerprint density at radius 1 is 1.11 bits per heavy atom. The molecule has 0 saturated heterocycles. The maximum absolute atomic E-state index is 11.7. The average Bonchev–Trinajstić information content (AvgIpc) is 2.33. The Morgan fingerprint density at radius 3 is 2.33 bits per heavy atom. The average molecular weight is 265 g/mol. The second kappa shape index (κ2) is 6.46. The summed E-state index contributed by atoms with van der Waals surface area (Å²) >= 11 is 0. The molecule has 0 aliphatic carbocycles. The molecule has 1 aromatic carbocycles. The van der Waals surface area contributed by atoms with E-state index in [4.69, 9.17) is 15.2 Å². The summed E-state index contributed by atoms with van der Waals surface area (Å²) in [7, 11) is 1.48. The standard InChI is InChI=1S/C11H14F3NO3/c1-16-9-4-8(7-15)5-10(6-9)17-2-3-18-11(12,13)14/h4-6H,2-3,7,15H2,1H3. The first-order chi connectivity index (χ1) is 8.44. The molecule has 0 atom stereocenters. The number of methoxy groups -OCH3 is 1. The first-order valence-corrected chi connectivity index (χ1v) is 5.16. The van der Waals surface area contributed by atoms with Gasteiger partial charge in [-0.3, -0.25) is 4.74 Å². The van der Waals surface area contributed by atoms with E-state index in [0.717, 1.165) is 5.56 Å². The van der Waals surface area contributed by atoms with Gasteiger partial charge in [0.25, 0.3) is 0 Å². The zero-order valence-corrected chi connectivity index (χ0v) is 9.79. The molecular formula is C11H14F3NO3. The van der Waals surface area contributed by atoms with Gasteiger partial charge in [-0.2, -0.15) is 0 Å².